The van der Waals surface area contributed by atoms with Crippen LogP contribution in [0, 0.1) is 6.92 Å². The van der Waals surface area contributed by atoms with E-state index in [0.717, 1.165) is 78.4 Å². The Balaban J connectivity index is 1.28. The van der Waals surface area contributed by atoms with E-state index in [9.17, 15) is 0 Å². The third-order valence-electron chi connectivity index (χ3n) is 9.05. The van der Waals surface area contributed by atoms with E-state index in [1.54, 1.807) is 6.33 Å². The van der Waals surface area contributed by atoms with Crippen molar-refractivity contribution in [3.63, 3.8) is 0 Å². The number of hydrogen-bond donors (Lipinski definition) is 0. The number of halogens is 2. The van der Waals surface area contributed by atoms with Crippen LogP contribution in [0.3, 0.4) is 0 Å². The van der Waals surface area contributed by atoms with E-state index >= 15 is 0 Å². The largest absolute Gasteiger partial charge is 0.376 e. The Morgan fingerprint density at radius 1 is 0.977 bits per heavy atom. The second-order valence-corrected chi connectivity index (χ2v) is 12.7. The van der Waals surface area contributed by atoms with E-state index in [-0.39, 0.29) is 24.2 Å². The lowest BCUT2D eigenvalue weighted by Crippen LogP contribution is -2.58. The predicted molar refractivity (Wildman–Crippen MR) is 170 cm³/mol. The zero-order valence-electron chi connectivity index (χ0n) is 24.7. The summed E-state index contributed by atoms with van der Waals surface area (Å²) in [6.07, 6.45) is 5.05. The van der Waals surface area contributed by atoms with Crippen molar-refractivity contribution in [1.82, 2.24) is 34.0 Å². The maximum Gasteiger partial charge on any atom is 0.258 e. The van der Waals surface area contributed by atoms with Gasteiger partial charge in [-0.25, -0.2) is 9.38 Å². The van der Waals surface area contributed by atoms with Crippen molar-refractivity contribution >= 4 is 46.0 Å². The summed E-state index contributed by atoms with van der Waals surface area (Å²) >= 11 is 12.6. The Bertz CT molecular complexity index is 1680. The fraction of sp³-hybridized carbons (Fsp3) is 0.438. The van der Waals surface area contributed by atoms with Crippen molar-refractivity contribution in [3.8, 4) is 0 Å². The summed E-state index contributed by atoms with van der Waals surface area (Å²) in [4.78, 5) is 15.2. The second-order valence-electron chi connectivity index (χ2n) is 11.8. The van der Waals surface area contributed by atoms with E-state index in [1.807, 2.05) is 28.7 Å². The molecular formula is C32H36Cl2N8O. The number of imidazole rings is 1. The maximum atomic E-state index is 6.31. The summed E-state index contributed by atoms with van der Waals surface area (Å²) in [7, 11) is 0. The number of aromatic nitrogens is 6. The lowest BCUT2D eigenvalue weighted by Gasteiger charge is -2.49. The van der Waals surface area contributed by atoms with Crippen molar-refractivity contribution in [2.45, 2.75) is 70.8 Å². The summed E-state index contributed by atoms with van der Waals surface area (Å²) < 4.78 is 10.2. The summed E-state index contributed by atoms with van der Waals surface area (Å²) in [5, 5.41) is 10.1. The van der Waals surface area contributed by atoms with Crippen LogP contribution in [0.2, 0.25) is 10.0 Å². The van der Waals surface area contributed by atoms with Gasteiger partial charge < -0.3 is 14.2 Å². The van der Waals surface area contributed by atoms with E-state index < -0.39 is 0 Å². The third kappa shape index (κ3) is 5.26. The lowest BCUT2D eigenvalue weighted by atomic mass is 9.92. The minimum Gasteiger partial charge on any atom is -0.376 e. The van der Waals surface area contributed by atoms with Crippen molar-refractivity contribution < 1.29 is 4.74 Å². The van der Waals surface area contributed by atoms with Gasteiger partial charge in [0.15, 0.2) is 11.5 Å². The van der Waals surface area contributed by atoms with Crippen molar-refractivity contribution in [3.05, 3.63) is 81.9 Å². The van der Waals surface area contributed by atoms with Crippen LogP contribution in [-0.4, -0.2) is 71.9 Å². The Morgan fingerprint density at radius 3 is 2.30 bits per heavy atom. The molecule has 7 rings (SSSR count). The molecule has 5 heterocycles. The molecule has 0 aliphatic carbocycles. The summed E-state index contributed by atoms with van der Waals surface area (Å²) in [5.74, 6) is 2.39. The van der Waals surface area contributed by atoms with Gasteiger partial charge in [-0.1, -0.05) is 54.4 Å². The molecule has 2 aliphatic heterocycles. The monoisotopic (exact) mass is 618 g/mol. The van der Waals surface area contributed by atoms with Gasteiger partial charge in [-0.2, -0.15) is 4.98 Å². The molecule has 2 fully saturated rings. The molecule has 3 aromatic heterocycles. The minimum absolute atomic E-state index is 0.0592. The summed E-state index contributed by atoms with van der Waals surface area (Å²) in [6, 6.07) is 16.9. The SMILES string of the molecule is CC[C@@H]1CN(c2nc3nncn3c3c2nc(C)n3C[C@H]2CCCO2)[C@@H](C)CN1C(c1ccc(Cl)cc1)c1ccc(Cl)cc1. The number of nitrogens with zero attached hydrogens (tertiary/aromatic N) is 8. The number of aryl methyl sites for hydroxylation is 1. The van der Waals surface area contributed by atoms with Gasteiger partial charge >= 0.3 is 0 Å². The zero-order valence-corrected chi connectivity index (χ0v) is 26.2. The van der Waals surface area contributed by atoms with Crippen molar-refractivity contribution in [2.75, 3.05) is 24.6 Å². The van der Waals surface area contributed by atoms with Crippen LogP contribution in [0.1, 0.15) is 56.1 Å². The van der Waals surface area contributed by atoms with Gasteiger partial charge in [0.2, 0.25) is 0 Å². The van der Waals surface area contributed by atoms with Gasteiger partial charge in [0.1, 0.15) is 17.7 Å². The molecule has 43 heavy (non-hydrogen) atoms. The minimum atomic E-state index is 0.0592. The van der Waals surface area contributed by atoms with Crippen LogP contribution in [0.4, 0.5) is 5.82 Å². The lowest BCUT2D eigenvalue weighted by molar-refractivity contribution is 0.0972. The quantitative estimate of drug-likeness (QED) is 0.210. The highest BCUT2D eigenvalue weighted by molar-refractivity contribution is 6.30. The average molecular weight is 620 g/mol. The highest BCUT2D eigenvalue weighted by Crippen LogP contribution is 2.38. The number of ether oxygens (including phenoxy) is 1. The highest BCUT2D eigenvalue weighted by atomic mass is 35.5. The molecule has 11 heteroatoms. The molecule has 2 saturated heterocycles. The standard InChI is InChI=1S/C32H36Cl2N8O/c1-4-26-17-39(20(2)16-41(26)29(22-7-11-24(33)12-8-22)23-9-13-25(34)14-10-23)30-28-31(42-19-35-38-32(42)37-30)40(21(3)36-28)18-27-6-5-15-43-27/h7-14,19-20,26-27,29H,4-6,15-18H2,1-3H3/t20-,26+,27+/m0/s1. The van der Waals surface area contributed by atoms with Crippen LogP contribution in [-0.2, 0) is 11.3 Å². The van der Waals surface area contributed by atoms with Gasteiger partial charge in [-0.15, -0.1) is 10.2 Å². The second kappa shape index (κ2) is 11.7. The van der Waals surface area contributed by atoms with E-state index in [2.05, 4.69) is 69.6 Å². The molecule has 0 bridgehead atoms. The van der Waals surface area contributed by atoms with Crippen LogP contribution in [0.5, 0.6) is 0 Å². The molecule has 0 N–H and O–H groups in total. The molecule has 5 aromatic rings. The smallest absolute Gasteiger partial charge is 0.258 e. The van der Waals surface area contributed by atoms with Crippen LogP contribution in [0.15, 0.2) is 54.9 Å². The van der Waals surface area contributed by atoms with Gasteiger partial charge in [0, 0.05) is 41.8 Å². The highest BCUT2D eigenvalue weighted by Gasteiger charge is 2.38. The Hall–Kier alpha value is -3.24. The molecule has 9 nitrogen and oxygen atoms in total. The molecule has 0 radical (unpaired) electrons. The van der Waals surface area contributed by atoms with Crippen LogP contribution in [0.25, 0.3) is 16.9 Å². The molecule has 224 valence electrons. The number of fused-ring (bicyclic) bond motifs is 3. The van der Waals surface area contributed by atoms with Gasteiger partial charge in [-0.3, -0.25) is 4.90 Å². The number of benzene rings is 2. The van der Waals surface area contributed by atoms with Crippen LogP contribution >= 0.6 is 23.2 Å². The number of anilines is 1. The van der Waals surface area contributed by atoms with E-state index in [4.69, 9.17) is 37.9 Å². The number of rotatable bonds is 7. The zero-order chi connectivity index (χ0) is 29.7. The molecule has 2 aliphatic rings. The first-order chi connectivity index (χ1) is 20.9. The fourth-order valence-electron chi connectivity index (χ4n) is 6.87. The van der Waals surface area contributed by atoms with Gasteiger partial charge in [-0.05, 0) is 68.5 Å². The Labute approximate surface area is 261 Å². The van der Waals surface area contributed by atoms with Crippen LogP contribution < -0.4 is 4.90 Å². The Morgan fingerprint density at radius 2 is 1.67 bits per heavy atom. The maximum absolute atomic E-state index is 6.31. The summed E-state index contributed by atoms with van der Waals surface area (Å²) in [6.45, 7) is 9.82. The molecular weight excluding hydrogens is 583 g/mol. The average Bonchev–Trinajstić information content (AvgIpc) is 3.76. The van der Waals surface area contributed by atoms with Gasteiger partial charge in [0.25, 0.3) is 5.78 Å². The normalized spacial score (nSPS) is 21.5. The predicted octanol–water partition coefficient (Wildman–Crippen LogP) is 6.35. The summed E-state index contributed by atoms with van der Waals surface area (Å²) in [5.41, 5.74) is 4.27. The molecule has 3 atom stereocenters. The molecule has 0 amide bonds. The van der Waals surface area contributed by atoms with Crippen molar-refractivity contribution in [1.29, 1.82) is 0 Å². The first-order valence-electron chi connectivity index (χ1n) is 15.1. The van der Waals surface area contributed by atoms with Gasteiger partial charge in [0.05, 0.1) is 18.7 Å². The third-order valence-corrected chi connectivity index (χ3v) is 9.55. The first kappa shape index (κ1) is 28.5. The Kier molecular flexibility index (Phi) is 7.75. The fourth-order valence-corrected chi connectivity index (χ4v) is 7.12. The van der Waals surface area contributed by atoms with E-state index in [1.165, 1.54) is 11.1 Å². The first-order valence-corrected chi connectivity index (χ1v) is 15.9. The van der Waals surface area contributed by atoms with Crippen molar-refractivity contribution in [2.24, 2.45) is 0 Å². The number of piperazine rings is 1. The molecule has 2 aromatic carbocycles. The molecule has 0 unspecified atom stereocenters. The molecule has 0 spiro atoms. The van der Waals surface area contributed by atoms with E-state index in [0.29, 0.717) is 5.78 Å². The molecule has 0 saturated carbocycles. The number of hydrogen-bond acceptors (Lipinski definition) is 7. The topological polar surface area (TPSA) is 76.6 Å².